The van der Waals surface area contributed by atoms with Gasteiger partial charge in [0.2, 0.25) is 23.6 Å². The molecular weight excluding hydrogens is 466 g/mol. The molecule has 1 N–H and O–H groups in total. The van der Waals surface area contributed by atoms with Gasteiger partial charge in [0, 0.05) is 30.6 Å². The summed E-state index contributed by atoms with van der Waals surface area (Å²) in [7, 11) is 0. The number of allylic oxidation sites excluding steroid dienone is 2. The van der Waals surface area contributed by atoms with E-state index in [2.05, 4.69) is 5.32 Å². The highest BCUT2D eigenvalue weighted by molar-refractivity contribution is 6.31. The summed E-state index contributed by atoms with van der Waals surface area (Å²) in [6, 6.07) is 6.76. The van der Waals surface area contributed by atoms with Crippen LogP contribution in [0.3, 0.4) is 0 Å². The van der Waals surface area contributed by atoms with Crippen molar-refractivity contribution >= 4 is 35.2 Å². The average Bonchev–Trinajstić information content (AvgIpc) is 3.45. The van der Waals surface area contributed by atoms with Gasteiger partial charge in [0.15, 0.2) is 0 Å². The van der Waals surface area contributed by atoms with E-state index in [0.29, 0.717) is 24.3 Å². The van der Waals surface area contributed by atoms with Gasteiger partial charge in [-0.2, -0.15) is 0 Å². The lowest BCUT2D eigenvalue weighted by Crippen LogP contribution is -2.51. The van der Waals surface area contributed by atoms with Crippen LogP contribution in [0.5, 0.6) is 0 Å². The molecule has 1 heterocycles. The van der Waals surface area contributed by atoms with Crippen LogP contribution in [0.15, 0.2) is 36.4 Å². The van der Waals surface area contributed by atoms with Crippen molar-refractivity contribution in [3.05, 3.63) is 47.0 Å². The monoisotopic (exact) mass is 499 g/mol. The van der Waals surface area contributed by atoms with E-state index in [1.54, 1.807) is 11.0 Å². The first-order valence-corrected chi connectivity index (χ1v) is 13.1. The quantitative estimate of drug-likeness (QED) is 0.413. The van der Waals surface area contributed by atoms with Crippen LogP contribution in [0, 0.1) is 11.8 Å². The van der Waals surface area contributed by atoms with Gasteiger partial charge in [0.05, 0.1) is 11.8 Å². The van der Waals surface area contributed by atoms with Crippen LogP contribution >= 0.6 is 11.6 Å². The first-order valence-electron chi connectivity index (χ1n) is 12.7. The predicted molar refractivity (Wildman–Crippen MR) is 133 cm³/mol. The maximum absolute atomic E-state index is 13.5. The molecule has 7 nitrogen and oxygen atoms in total. The van der Waals surface area contributed by atoms with Crippen molar-refractivity contribution in [3.8, 4) is 0 Å². The third-order valence-corrected chi connectivity index (χ3v) is 7.90. The summed E-state index contributed by atoms with van der Waals surface area (Å²) in [5.74, 6) is -1.45. The second-order valence-corrected chi connectivity index (χ2v) is 10.2. The molecule has 2 fully saturated rings. The molecule has 8 heteroatoms. The second kappa shape index (κ2) is 11.4. The molecule has 2 aliphatic carbocycles. The number of rotatable bonds is 9. The number of carbonyl (C=O) groups is 4. The number of hydrogen-bond donors (Lipinski definition) is 1. The fraction of sp³-hybridized carbons (Fsp3) is 0.556. The Kier molecular flexibility index (Phi) is 8.26. The number of halogens is 1. The Hall–Kier alpha value is -2.67. The molecule has 4 amide bonds. The van der Waals surface area contributed by atoms with Crippen LogP contribution in [0.1, 0.15) is 63.9 Å². The average molecular weight is 500 g/mol. The number of amides is 4. The van der Waals surface area contributed by atoms with Gasteiger partial charge in [0.1, 0.15) is 6.04 Å². The molecule has 0 spiro atoms. The number of likely N-dealkylation sites (tertiary alicyclic amines) is 1. The number of nitrogens with zero attached hydrogens (tertiary/aromatic N) is 2. The lowest BCUT2D eigenvalue weighted by molar-refractivity contribution is -0.144. The van der Waals surface area contributed by atoms with E-state index in [1.165, 1.54) is 4.90 Å². The van der Waals surface area contributed by atoms with Crippen LogP contribution in [0.4, 0.5) is 0 Å². The van der Waals surface area contributed by atoms with Crippen LogP contribution in [0.25, 0.3) is 0 Å². The highest BCUT2D eigenvalue weighted by atomic mass is 35.5. The molecule has 1 saturated carbocycles. The Morgan fingerprint density at radius 1 is 1.09 bits per heavy atom. The molecule has 0 aromatic heterocycles. The van der Waals surface area contributed by atoms with E-state index in [-0.39, 0.29) is 61.0 Å². The van der Waals surface area contributed by atoms with Crippen molar-refractivity contribution < 1.29 is 19.2 Å². The molecule has 0 radical (unpaired) electrons. The van der Waals surface area contributed by atoms with E-state index >= 15 is 0 Å². The van der Waals surface area contributed by atoms with E-state index in [0.717, 1.165) is 31.2 Å². The van der Waals surface area contributed by atoms with Crippen molar-refractivity contribution in [2.45, 2.75) is 76.9 Å². The van der Waals surface area contributed by atoms with Crippen LogP contribution in [0.2, 0.25) is 5.02 Å². The minimum atomic E-state index is -0.656. The van der Waals surface area contributed by atoms with E-state index in [1.807, 2.05) is 37.3 Å². The van der Waals surface area contributed by atoms with Gasteiger partial charge < -0.3 is 10.2 Å². The predicted octanol–water partition coefficient (Wildman–Crippen LogP) is 3.85. The van der Waals surface area contributed by atoms with Gasteiger partial charge in [-0.25, -0.2) is 0 Å². The van der Waals surface area contributed by atoms with Crippen molar-refractivity contribution in [3.63, 3.8) is 0 Å². The molecule has 3 aliphatic rings. The first-order chi connectivity index (χ1) is 16.9. The maximum atomic E-state index is 13.5. The fourth-order valence-corrected chi connectivity index (χ4v) is 5.73. The summed E-state index contributed by atoms with van der Waals surface area (Å²) in [5.41, 5.74) is 0.750. The number of nitrogens with one attached hydrogen (secondary N) is 1. The summed E-state index contributed by atoms with van der Waals surface area (Å²) < 4.78 is 0. The van der Waals surface area contributed by atoms with Crippen molar-refractivity contribution in [2.24, 2.45) is 11.8 Å². The first kappa shape index (κ1) is 25.4. The molecule has 188 valence electrons. The lowest BCUT2D eigenvalue weighted by atomic mass is 9.85. The number of benzene rings is 1. The van der Waals surface area contributed by atoms with Gasteiger partial charge in [-0.1, -0.05) is 61.7 Å². The van der Waals surface area contributed by atoms with Crippen molar-refractivity contribution in [1.29, 1.82) is 0 Å². The smallest absolute Gasteiger partial charge is 0.243 e. The Balaban J connectivity index is 1.49. The van der Waals surface area contributed by atoms with Gasteiger partial charge in [-0.05, 0) is 43.7 Å². The Bertz CT molecular complexity index is 978. The normalized spacial score (nSPS) is 22.9. The number of hydrogen-bond acceptors (Lipinski definition) is 4. The van der Waals surface area contributed by atoms with Crippen LogP contribution in [-0.2, 0) is 25.7 Å². The minimum Gasteiger partial charge on any atom is -0.352 e. The fourth-order valence-electron chi connectivity index (χ4n) is 5.54. The molecule has 1 aromatic carbocycles. The summed E-state index contributed by atoms with van der Waals surface area (Å²) in [6.45, 7) is 2.10. The number of imide groups is 1. The summed E-state index contributed by atoms with van der Waals surface area (Å²) >= 11 is 6.38. The zero-order valence-electron chi connectivity index (χ0n) is 20.2. The molecular formula is C27H34ClN3O4. The summed E-state index contributed by atoms with van der Waals surface area (Å²) in [5, 5.41) is 3.65. The summed E-state index contributed by atoms with van der Waals surface area (Å²) in [6.07, 6.45) is 9.55. The van der Waals surface area contributed by atoms with E-state index < -0.39 is 6.04 Å². The Morgan fingerprint density at radius 3 is 2.31 bits per heavy atom. The minimum absolute atomic E-state index is 0.0258. The van der Waals surface area contributed by atoms with Gasteiger partial charge >= 0.3 is 0 Å². The van der Waals surface area contributed by atoms with Gasteiger partial charge in [-0.15, -0.1) is 0 Å². The van der Waals surface area contributed by atoms with Crippen molar-refractivity contribution in [1.82, 2.24) is 15.1 Å². The highest BCUT2D eigenvalue weighted by Gasteiger charge is 2.47. The second-order valence-electron chi connectivity index (χ2n) is 9.76. The highest BCUT2D eigenvalue weighted by Crippen LogP contribution is 2.35. The molecule has 1 unspecified atom stereocenters. The third-order valence-electron chi connectivity index (χ3n) is 7.53. The number of carbonyl (C=O) groups excluding carboxylic acids is 4. The van der Waals surface area contributed by atoms with Crippen LogP contribution in [-0.4, -0.2) is 52.1 Å². The topological polar surface area (TPSA) is 86.8 Å². The standard InChI is InChI=1S/C27H34ClN3O4/c1-2-23(25(33)29-19-10-4-5-11-19)31(17-18-9-3-8-14-22(18)28)24(32)15-16-30-26(34)20-12-6-7-13-21(20)27(30)35/h3,6-9,14,19-21,23H,2,4-5,10-13,15-17H2,1H3,(H,29,33)/t20-,21+,23?. The molecule has 35 heavy (non-hydrogen) atoms. The zero-order chi connectivity index (χ0) is 24.9. The zero-order valence-corrected chi connectivity index (χ0v) is 21.0. The SMILES string of the molecule is CCC(C(=O)NC1CCCC1)N(Cc1ccccc1Cl)C(=O)CCN1C(=O)[C@H]2CC=CC[C@H]2C1=O. The summed E-state index contributed by atoms with van der Waals surface area (Å²) in [4.78, 5) is 55.2. The van der Waals surface area contributed by atoms with Crippen LogP contribution < -0.4 is 5.32 Å². The van der Waals surface area contributed by atoms with Crippen molar-refractivity contribution in [2.75, 3.05) is 6.54 Å². The molecule has 1 saturated heterocycles. The van der Waals surface area contributed by atoms with Gasteiger partial charge in [-0.3, -0.25) is 24.1 Å². The lowest BCUT2D eigenvalue weighted by Gasteiger charge is -2.32. The third kappa shape index (κ3) is 5.61. The van der Waals surface area contributed by atoms with Gasteiger partial charge in [0.25, 0.3) is 0 Å². The molecule has 3 atom stereocenters. The van der Waals surface area contributed by atoms with E-state index in [4.69, 9.17) is 11.6 Å². The Labute approximate surface area is 211 Å². The molecule has 1 aromatic rings. The van der Waals surface area contributed by atoms with E-state index in [9.17, 15) is 19.2 Å². The maximum Gasteiger partial charge on any atom is 0.243 e. The Morgan fingerprint density at radius 2 is 1.71 bits per heavy atom. The number of fused-ring (bicyclic) bond motifs is 1. The largest absolute Gasteiger partial charge is 0.352 e. The molecule has 1 aliphatic heterocycles. The molecule has 4 rings (SSSR count). The molecule has 0 bridgehead atoms.